The molecule has 1 N–H and O–H groups in total. The van der Waals surface area contributed by atoms with Gasteiger partial charge in [0.1, 0.15) is 5.82 Å². The number of nitrogens with one attached hydrogen (secondary N) is 1. The SMILES string of the molecule is CC(C)NCc1sc2cc(F)ccc2c1C(C)C. The number of benzene rings is 1. The molecule has 1 nitrogen and oxygen atoms in total. The van der Waals surface area contributed by atoms with Crippen LogP contribution in [0.4, 0.5) is 4.39 Å². The van der Waals surface area contributed by atoms with Crippen LogP contribution in [-0.2, 0) is 6.54 Å². The highest BCUT2D eigenvalue weighted by atomic mass is 32.1. The maximum Gasteiger partial charge on any atom is 0.124 e. The van der Waals surface area contributed by atoms with Crippen molar-refractivity contribution in [1.29, 1.82) is 0 Å². The Morgan fingerprint density at radius 2 is 1.94 bits per heavy atom. The molecule has 0 unspecified atom stereocenters. The molecule has 2 aromatic rings. The molecular weight excluding hydrogens is 245 g/mol. The molecule has 0 aliphatic rings. The molecule has 0 atom stereocenters. The van der Waals surface area contributed by atoms with Crippen molar-refractivity contribution in [3.05, 3.63) is 34.5 Å². The van der Waals surface area contributed by atoms with Gasteiger partial charge in [0.15, 0.2) is 0 Å². The molecule has 2 rings (SSSR count). The lowest BCUT2D eigenvalue weighted by atomic mass is 9.99. The molecule has 98 valence electrons. The quantitative estimate of drug-likeness (QED) is 0.847. The Balaban J connectivity index is 2.47. The second-order valence-corrected chi connectivity index (χ2v) is 6.41. The highest BCUT2D eigenvalue weighted by Crippen LogP contribution is 2.36. The van der Waals surface area contributed by atoms with Gasteiger partial charge in [0.05, 0.1) is 0 Å². The molecule has 0 aliphatic heterocycles. The third-order valence-electron chi connectivity index (χ3n) is 3.02. The van der Waals surface area contributed by atoms with E-state index in [1.807, 2.05) is 6.07 Å². The first-order chi connectivity index (χ1) is 8.49. The fourth-order valence-corrected chi connectivity index (χ4v) is 3.54. The number of thiophene rings is 1. The average molecular weight is 265 g/mol. The van der Waals surface area contributed by atoms with Gasteiger partial charge < -0.3 is 5.32 Å². The maximum atomic E-state index is 13.3. The monoisotopic (exact) mass is 265 g/mol. The Morgan fingerprint density at radius 1 is 1.22 bits per heavy atom. The van der Waals surface area contributed by atoms with Crippen LogP contribution in [0, 0.1) is 5.82 Å². The number of fused-ring (bicyclic) bond motifs is 1. The topological polar surface area (TPSA) is 12.0 Å². The van der Waals surface area contributed by atoms with Gasteiger partial charge in [-0.25, -0.2) is 4.39 Å². The number of hydrogen-bond donors (Lipinski definition) is 1. The van der Waals surface area contributed by atoms with Gasteiger partial charge in [-0.15, -0.1) is 11.3 Å². The van der Waals surface area contributed by atoms with Crippen LogP contribution < -0.4 is 5.32 Å². The van der Waals surface area contributed by atoms with Crippen molar-refractivity contribution in [2.45, 2.75) is 46.2 Å². The summed E-state index contributed by atoms with van der Waals surface area (Å²) >= 11 is 1.71. The van der Waals surface area contributed by atoms with E-state index in [4.69, 9.17) is 0 Å². The summed E-state index contributed by atoms with van der Waals surface area (Å²) in [4.78, 5) is 1.33. The zero-order chi connectivity index (χ0) is 13.3. The minimum absolute atomic E-state index is 0.151. The first-order valence-corrected chi connectivity index (χ1v) is 7.25. The molecule has 0 saturated heterocycles. The van der Waals surface area contributed by atoms with Gasteiger partial charge in [-0.2, -0.15) is 0 Å². The number of halogens is 1. The van der Waals surface area contributed by atoms with E-state index in [-0.39, 0.29) is 5.82 Å². The van der Waals surface area contributed by atoms with E-state index in [0.717, 1.165) is 11.2 Å². The standard InChI is InChI=1S/C15H20FNS/c1-9(2)15-12-6-5-11(16)7-13(12)18-14(15)8-17-10(3)4/h5-7,9-10,17H,8H2,1-4H3. The summed E-state index contributed by atoms with van der Waals surface area (Å²) in [5.74, 6) is 0.315. The van der Waals surface area contributed by atoms with Gasteiger partial charge in [0.25, 0.3) is 0 Å². The third-order valence-corrected chi connectivity index (χ3v) is 4.18. The minimum Gasteiger partial charge on any atom is -0.310 e. The van der Waals surface area contributed by atoms with Gasteiger partial charge in [-0.05, 0) is 29.0 Å². The molecule has 0 amide bonds. The van der Waals surface area contributed by atoms with Crippen LogP contribution in [0.25, 0.3) is 10.1 Å². The molecule has 1 aromatic heterocycles. The fraction of sp³-hybridized carbons (Fsp3) is 0.467. The van der Waals surface area contributed by atoms with Crippen molar-refractivity contribution in [2.75, 3.05) is 0 Å². The zero-order valence-electron chi connectivity index (χ0n) is 11.4. The average Bonchev–Trinajstić information content (AvgIpc) is 2.63. The van der Waals surface area contributed by atoms with E-state index in [1.54, 1.807) is 23.5 Å². The lowest BCUT2D eigenvalue weighted by molar-refractivity contribution is 0.590. The van der Waals surface area contributed by atoms with Crippen LogP contribution in [0.1, 0.15) is 44.1 Å². The third kappa shape index (κ3) is 2.73. The van der Waals surface area contributed by atoms with Crippen molar-refractivity contribution < 1.29 is 4.39 Å². The summed E-state index contributed by atoms with van der Waals surface area (Å²) in [6.45, 7) is 9.55. The molecular formula is C15H20FNS. The molecule has 0 aliphatic carbocycles. The summed E-state index contributed by atoms with van der Waals surface area (Å²) in [5.41, 5.74) is 1.36. The first kappa shape index (κ1) is 13.5. The van der Waals surface area contributed by atoms with Crippen LogP contribution in [-0.4, -0.2) is 6.04 Å². The summed E-state index contributed by atoms with van der Waals surface area (Å²) in [5, 5.41) is 4.65. The van der Waals surface area contributed by atoms with E-state index in [0.29, 0.717) is 12.0 Å². The van der Waals surface area contributed by atoms with Crippen LogP contribution in [0.3, 0.4) is 0 Å². The Bertz CT molecular complexity index is 543. The zero-order valence-corrected chi connectivity index (χ0v) is 12.2. The predicted molar refractivity (Wildman–Crippen MR) is 77.8 cm³/mol. The Labute approximate surface area is 112 Å². The van der Waals surface area contributed by atoms with Crippen molar-refractivity contribution in [1.82, 2.24) is 5.32 Å². The summed E-state index contributed by atoms with van der Waals surface area (Å²) in [6, 6.07) is 5.58. The van der Waals surface area contributed by atoms with Gasteiger partial charge in [0, 0.05) is 22.2 Å². The van der Waals surface area contributed by atoms with Gasteiger partial charge >= 0.3 is 0 Å². The van der Waals surface area contributed by atoms with Crippen LogP contribution >= 0.6 is 11.3 Å². The summed E-state index contributed by atoms with van der Waals surface area (Å²) in [7, 11) is 0. The number of rotatable bonds is 4. The largest absolute Gasteiger partial charge is 0.310 e. The second kappa shape index (κ2) is 5.37. The molecule has 0 fully saturated rings. The Hall–Kier alpha value is -0.930. The van der Waals surface area contributed by atoms with Gasteiger partial charge in [-0.3, -0.25) is 0 Å². The van der Waals surface area contributed by atoms with E-state index in [2.05, 4.69) is 33.0 Å². The van der Waals surface area contributed by atoms with Crippen molar-refractivity contribution in [2.24, 2.45) is 0 Å². The molecule has 0 spiro atoms. The molecule has 0 radical (unpaired) electrons. The molecule has 3 heteroatoms. The fourth-order valence-electron chi connectivity index (χ4n) is 2.20. The highest BCUT2D eigenvalue weighted by Gasteiger charge is 2.15. The molecule has 1 heterocycles. The van der Waals surface area contributed by atoms with E-state index in [1.165, 1.54) is 15.8 Å². The molecule has 1 aromatic carbocycles. The Morgan fingerprint density at radius 3 is 2.56 bits per heavy atom. The summed E-state index contributed by atoms with van der Waals surface area (Å²) in [6.07, 6.45) is 0. The predicted octanol–water partition coefficient (Wildman–Crippen LogP) is 4.66. The lowest BCUT2D eigenvalue weighted by Crippen LogP contribution is -2.21. The van der Waals surface area contributed by atoms with Gasteiger partial charge in [-0.1, -0.05) is 33.8 Å². The van der Waals surface area contributed by atoms with E-state index < -0.39 is 0 Å². The van der Waals surface area contributed by atoms with E-state index >= 15 is 0 Å². The van der Waals surface area contributed by atoms with E-state index in [9.17, 15) is 4.39 Å². The first-order valence-electron chi connectivity index (χ1n) is 6.43. The van der Waals surface area contributed by atoms with Crippen LogP contribution in [0.2, 0.25) is 0 Å². The minimum atomic E-state index is -0.151. The van der Waals surface area contributed by atoms with Crippen LogP contribution in [0.15, 0.2) is 18.2 Å². The van der Waals surface area contributed by atoms with Crippen molar-refractivity contribution >= 4 is 21.4 Å². The Kier molecular flexibility index (Phi) is 4.03. The van der Waals surface area contributed by atoms with Crippen LogP contribution in [0.5, 0.6) is 0 Å². The second-order valence-electron chi connectivity index (χ2n) is 5.27. The normalized spacial score (nSPS) is 11.9. The number of hydrogen-bond acceptors (Lipinski definition) is 2. The van der Waals surface area contributed by atoms with Gasteiger partial charge in [0.2, 0.25) is 0 Å². The lowest BCUT2D eigenvalue weighted by Gasteiger charge is -2.11. The molecule has 18 heavy (non-hydrogen) atoms. The van der Waals surface area contributed by atoms with Crippen molar-refractivity contribution in [3.8, 4) is 0 Å². The molecule has 0 saturated carbocycles. The van der Waals surface area contributed by atoms with Crippen molar-refractivity contribution in [3.63, 3.8) is 0 Å². The molecule has 0 bridgehead atoms. The highest BCUT2D eigenvalue weighted by molar-refractivity contribution is 7.19. The summed E-state index contributed by atoms with van der Waals surface area (Å²) < 4.78 is 14.3. The maximum absolute atomic E-state index is 13.3. The smallest absolute Gasteiger partial charge is 0.124 e.